The summed E-state index contributed by atoms with van der Waals surface area (Å²) >= 11 is 4.40. The summed E-state index contributed by atoms with van der Waals surface area (Å²) in [7, 11) is -4.09. The molecule has 0 saturated carbocycles. The van der Waals surface area contributed by atoms with E-state index in [1.54, 1.807) is 6.92 Å². The highest BCUT2D eigenvalue weighted by molar-refractivity contribution is 7.86. The summed E-state index contributed by atoms with van der Waals surface area (Å²) < 4.78 is 29.5. The number of nitrogens with one attached hydrogen (secondary N) is 1. The van der Waals surface area contributed by atoms with Gasteiger partial charge in [-0.2, -0.15) is 8.42 Å². The SMILES string of the molecule is CCC(NC(N)=S)S(=O)(=O)O. The van der Waals surface area contributed by atoms with Gasteiger partial charge in [0, 0.05) is 0 Å². The molecule has 0 aromatic rings. The predicted octanol–water partition coefficient (Wildman–Crippen LogP) is -0.556. The lowest BCUT2D eigenvalue weighted by molar-refractivity contribution is 0.459. The summed E-state index contributed by atoms with van der Waals surface area (Å²) in [6, 6.07) is 0. The fourth-order valence-electron chi connectivity index (χ4n) is 0.546. The maximum Gasteiger partial charge on any atom is 0.286 e. The first-order valence-corrected chi connectivity index (χ1v) is 4.81. The molecule has 4 N–H and O–H groups in total. The van der Waals surface area contributed by atoms with Gasteiger partial charge >= 0.3 is 0 Å². The van der Waals surface area contributed by atoms with Crippen LogP contribution in [0, 0.1) is 0 Å². The van der Waals surface area contributed by atoms with Crippen molar-refractivity contribution in [1.82, 2.24) is 5.32 Å². The molecule has 1 atom stereocenters. The van der Waals surface area contributed by atoms with Gasteiger partial charge in [-0.1, -0.05) is 6.92 Å². The van der Waals surface area contributed by atoms with Crippen molar-refractivity contribution in [3.05, 3.63) is 0 Å². The molecule has 0 aliphatic heterocycles. The summed E-state index contributed by atoms with van der Waals surface area (Å²) in [5.74, 6) is 0. The molecule has 0 spiro atoms. The lowest BCUT2D eigenvalue weighted by Gasteiger charge is -2.12. The lowest BCUT2D eigenvalue weighted by atomic mass is 10.5. The first kappa shape index (κ1) is 10.6. The third-order valence-corrected chi connectivity index (χ3v) is 2.32. The summed E-state index contributed by atoms with van der Waals surface area (Å²) in [6.07, 6.45) is 0.205. The van der Waals surface area contributed by atoms with Crippen molar-refractivity contribution in [2.24, 2.45) is 5.73 Å². The molecular formula is C4H10N2O3S2. The van der Waals surface area contributed by atoms with Gasteiger partial charge in [0.1, 0.15) is 0 Å². The molecule has 0 heterocycles. The number of nitrogens with two attached hydrogens (primary N) is 1. The molecule has 0 aliphatic carbocycles. The van der Waals surface area contributed by atoms with E-state index in [4.69, 9.17) is 10.3 Å². The van der Waals surface area contributed by atoms with Gasteiger partial charge in [-0.15, -0.1) is 0 Å². The summed E-state index contributed by atoms with van der Waals surface area (Å²) in [5, 5.41) is 1.000. The monoisotopic (exact) mass is 198 g/mol. The van der Waals surface area contributed by atoms with E-state index in [1.807, 2.05) is 0 Å². The quantitative estimate of drug-likeness (QED) is 0.416. The average Bonchev–Trinajstić information content (AvgIpc) is 1.79. The largest absolute Gasteiger partial charge is 0.376 e. The molecule has 0 bridgehead atoms. The van der Waals surface area contributed by atoms with Crippen LogP contribution < -0.4 is 11.1 Å². The van der Waals surface area contributed by atoms with E-state index in [9.17, 15) is 8.42 Å². The molecular weight excluding hydrogens is 188 g/mol. The van der Waals surface area contributed by atoms with Crippen LogP contribution in [0.4, 0.5) is 0 Å². The fraction of sp³-hybridized carbons (Fsp3) is 0.750. The third kappa shape index (κ3) is 4.12. The van der Waals surface area contributed by atoms with Gasteiger partial charge in [0.05, 0.1) is 0 Å². The van der Waals surface area contributed by atoms with Crippen molar-refractivity contribution >= 4 is 27.4 Å². The van der Waals surface area contributed by atoms with Crippen molar-refractivity contribution in [1.29, 1.82) is 0 Å². The van der Waals surface area contributed by atoms with Crippen LogP contribution in [0.25, 0.3) is 0 Å². The molecule has 66 valence electrons. The Labute approximate surface area is 70.7 Å². The second kappa shape index (κ2) is 3.84. The minimum absolute atomic E-state index is 0.144. The lowest BCUT2D eigenvalue weighted by Crippen LogP contribution is -2.42. The zero-order valence-electron chi connectivity index (χ0n) is 5.94. The molecule has 11 heavy (non-hydrogen) atoms. The van der Waals surface area contributed by atoms with Crippen LogP contribution in [0.5, 0.6) is 0 Å². The Morgan fingerprint density at radius 1 is 1.82 bits per heavy atom. The second-order valence-electron chi connectivity index (χ2n) is 1.92. The van der Waals surface area contributed by atoms with Gasteiger partial charge in [-0.25, -0.2) is 0 Å². The van der Waals surface area contributed by atoms with Crippen LogP contribution in [0.15, 0.2) is 0 Å². The average molecular weight is 198 g/mol. The van der Waals surface area contributed by atoms with Crippen molar-refractivity contribution in [3.8, 4) is 0 Å². The number of thiocarbonyl (C=S) groups is 1. The number of rotatable bonds is 3. The number of hydrogen-bond acceptors (Lipinski definition) is 3. The second-order valence-corrected chi connectivity index (χ2v) is 3.96. The normalized spacial score (nSPS) is 14.0. The maximum atomic E-state index is 10.5. The third-order valence-electron chi connectivity index (χ3n) is 1.03. The van der Waals surface area contributed by atoms with Gasteiger partial charge in [-0.05, 0) is 18.6 Å². The van der Waals surface area contributed by atoms with Gasteiger partial charge in [0.25, 0.3) is 10.1 Å². The van der Waals surface area contributed by atoms with Gasteiger partial charge < -0.3 is 11.1 Å². The van der Waals surface area contributed by atoms with Crippen LogP contribution in [-0.4, -0.2) is 23.5 Å². The Morgan fingerprint density at radius 2 is 2.27 bits per heavy atom. The van der Waals surface area contributed by atoms with E-state index in [0.717, 1.165) is 0 Å². The fourth-order valence-corrected chi connectivity index (χ4v) is 1.46. The molecule has 0 radical (unpaired) electrons. The molecule has 0 aliphatic rings. The minimum Gasteiger partial charge on any atom is -0.376 e. The Hall–Kier alpha value is -0.400. The van der Waals surface area contributed by atoms with Crippen molar-refractivity contribution in [3.63, 3.8) is 0 Å². The van der Waals surface area contributed by atoms with E-state index < -0.39 is 15.5 Å². The topological polar surface area (TPSA) is 92.4 Å². The highest BCUT2D eigenvalue weighted by Gasteiger charge is 2.20. The Morgan fingerprint density at radius 3 is 2.36 bits per heavy atom. The van der Waals surface area contributed by atoms with E-state index in [2.05, 4.69) is 17.5 Å². The Kier molecular flexibility index (Phi) is 3.70. The summed E-state index contributed by atoms with van der Waals surface area (Å²) in [5.41, 5.74) is 5.01. The molecule has 5 nitrogen and oxygen atoms in total. The van der Waals surface area contributed by atoms with Crippen molar-refractivity contribution in [2.45, 2.75) is 18.7 Å². The van der Waals surface area contributed by atoms with Crippen LogP contribution in [-0.2, 0) is 10.1 Å². The van der Waals surface area contributed by atoms with E-state index in [0.29, 0.717) is 0 Å². The summed E-state index contributed by atoms with van der Waals surface area (Å²) in [4.78, 5) is 0. The molecule has 7 heteroatoms. The molecule has 0 saturated heterocycles. The Balaban J connectivity index is 4.31. The first-order valence-electron chi connectivity index (χ1n) is 2.90. The van der Waals surface area contributed by atoms with Crippen LogP contribution in [0.2, 0.25) is 0 Å². The molecule has 0 aromatic heterocycles. The van der Waals surface area contributed by atoms with E-state index >= 15 is 0 Å². The highest BCUT2D eigenvalue weighted by atomic mass is 32.2. The standard InChI is InChI=1S/C4H10N2O3S2/c1-2-3(6-4(5)10)11(7,8)9/h3H,2H2,1H3,(H3,5,6,10)(H,7,8,9). The predicted molar refractivity (Wildman–Crippen MR) is 45.5 cm³/mol. The van der Waals surface area contributed by atoms with Crippen molar-refractivity contribution < 1.29 is 13.0 Å². The smallest absolute Gasteiger partial charge is 0.286 e. The van der Waals surface area contributed by atoms with Crippen LogP contribution in [0.3, 0.4) is 0 Å². The van der Waals surface area contributed by atoms with Crippen LogP contribution >= 0.6 is 12.2 Å². The first-order chi connectivity index (χ1) is 4.88. The number of hydrogen-bond donors (Lipinski definition) is 3. The van der Waals surface area contributed by atoms with E-state index in [1.165, 1.54) is 0 Å². The zero-order valence-corrected chi connectivity index (χ0v) is 7.58. The summed E-state index contributed by atoms with van der Waals surface area (Å²) in [6.45, 7) is 1.59. The highest BCUT2D eigenvalue weighted by Crippen LogP contribution is 1.98. The van der Waals surface area contributed by atoms with Gasteiger partial charge in [0.15, 0.2) is 10.5 Å². The van der Waals surface area contributed by atoms with Gasteiger partial charge in [0.2, 0.25) is 0 Å². The maximum absolute atomic E-state index is 10.5. The molecule has 0 amide bonds. The zero-order chi connectivity index (χ0) is 9.07. The molecule has 0 aromatic carbocycles. The molecule has 0 rings (SSSR count). The molecule has 0 fully saturated rings. The van der Waals surface area contributed by atoms with Crippen molar-refractivity contribution in [2.75, 3.05) is 0 Å². The van der Waals surface area contributed by atoms with E-state index in [-0.39, 0.29) is 11.5 Å². The Bertz CT molecular complexity index is 236. The minimum atomic E-state index is -4.09. The molecule has 1 unspecified atom stereocenters. The van der Waals surface area contributed by atoms with Gasteiger partial charge in [-0.3, -0.25) is 4.55 Å². The van der Waals surface area contributed by atoms with Crippen LogP contribution in [0.1, 0.15) is 13.3 Å².